The molecule has 0 radical (unpaired) electrons. The molecule has 7 aromatic carbocycles. The van der Waals surface area contributed by atoms with Crippen LogP contribution in [0, 0.1) is 0 Å². The molecule has 0 atom stereocenters. The highest BCUT2D eigenvalue weighted by atomic mass is 16.5. The molecule has 3 heterocycles. The van der Waals surface area contributed by atoms with Gasteiger partial charge in [0, 0.05) is 28.5 Å². The summed E-state index contributed by atoms with van der Waals surface area (Å²) >= 11 is 0. The van der Waals surface area contributed by atoms with E-state index in [-0.39, 0.29) is 0 Å². The topological polar surface area (TPSA) is 60.8 Å². The summed E-state index contributed by atoms with van der Waals surface area (Å²) < 4.78 is 6.42. The number of hydrogen-bond donors (Lipinski definition) is 0. The van der Waals surface area contributed by atoms with E-state index in [1.54, 1.807) is 0 Å². The largest absolute Gasteiger partial charge is 0.456 e. The summed E-state index contributed by atoms with van der Waals surface area (Å²) in [5.74, 6) is 3.60. The van der Waals surface area contributed by atoms with Gasteiger partial charge in [0.1, 0.15) is 11.5 Å². The maximum atomic E-state index is 6.42. The van der Waals surface area contributed by atoms with Crippen LogP contribution in [0.5, 0.6) is 11.5 Å². The number of hydrogen-bond acceptors (Lipinski definition) is 5. The summed E-state index contributed by atoms with van der Waals surface area (Å²) in [5, 5.41) is 2.19. The van der Waals surface area contributed by atoms with Crippen molar-refractivity contribution in [3.8, 4) is 90.3 Å². The molecule has 0 unspecified atom stereocenters. The van der Waals surface area contributed by atoms with Gasteiger partial charge >= 0.3 is 0 Å². The van der Waals surface area contributed by atoms with Crippen LogP contribution in [0.2, 0.25) is 0 Å². The van der Waals surface area contributed by atoms with E-state index >= 15 is 0 Å². The predicted octanol–water partition coefficient (Wildman–Crippen LogP) is 12.2. The molecule has 53 heavy (non-hydrogen) atoms. The maximum absolute atomic E-state index is 6.42. The highest BCUT2D eigenvalue weighted by Gasteiger charge is 2.21. The van der Waals surface area contributed by atoms with Crippen LogP contribution < -0.4 is 4.74 Å². The number of aromatic nitrogens is 4. The second-order valence-corrected chi connectivity index (χ2v) is 13.1. The van der Waals surface area contributed by atoms with Crippen LogP contribution >= 0.6 is 0 Å². The molecule has 0 saturated heterocycles. The molecule has 0 amide bonds. The number of rotatable bonds is 6. The Morgan fingerprint density at radius 2 is 0.830 bits per heavy atom. The van der Waals surface area contributed by atoms with E-state index in [9.17, 15) is 0 Å². The van der Waals surface area contributed by atoms with Crippen molar-refractivity contribution in [2.45, 2.75) is 0 Å². The van der Waals surface area contributed by atoms with Crippen LogP contribution in [-0.2, 0) is 0 Å². The van der Waals surface area contributed by atoms with Crippen LogP contribution in [0.4, 0.5) is 0 Å². The van der Waals surface area contributed by atoms with Crippen molar-refractivity contribution in [2.75, 3.05) is 0 Å². The summed E-state index contributed by atoms with van der Waals surface area (Å²) in [4.78, 5) is 19.4. The van der Waals surface area contributed by atoms with Crippen molar-refractivity contribution in [3.63, 3.8) is 0 Å². The Balaban J connectivity index is 0.948. The Bertz CT molecular complexity index is 2740. The SMILES string of the molecule is c1ccc(-c2nc(-c3ccccc3)nc(-c3cccc(-c4ccc(-c5cccc(-c6ccc7c(c6)Oc6cccc8ccnc-7c68)c5)cc4)c3)n2)cc1. The third kappa shape index (κ3) is 5.71. The Morgan fingerprint density at radius 3 is 1.47 bits per heavy atom. The van der Waals surface area contributed by atoms with Crippen LogP contribution in [-0.4, -0.2) is 19.9 Å². The first kappa shape index (κ1) is 30.6. The molecule has 0 aliphatic carbocycles. The van der Waals surface area contributed by atoms with E-state index in [2.05, 4.69) is 97.1 Å². The molecule has 2 aromatic heterocycles. The van der Waals surface area contributed by atoms with E-state index in [1.165, 1.54) is 0 Å². The summed E-state index contributed by atoms with van der Waals surface area (Å²) in [6, 6.07) is 60.5. The second-order valence-electron chi connectivity index (χ2n) is 13.1. The molecule has 9 aromatic rings. The number of benzene rings is 7. The normalized spacial score (nSPS) is 11.5. The Morgan fingerprint density at radius 1 is 0.340 bits per heavy atom. The third-order valence-electron chi connectivity index (χ3n) is 9.78. The highest BCUT2D eigenvalue weighted by Crippen LogP contribution is 2.46. The highest BCUT2D eigenvalue weighted by molar-refractivity contribution is 6.02. The molecule has 10 rings (SSSR count). The molecular weight excluding hydrogens is 649 g/mol. The zero-order chi connectivity index (χ0) is 35.1. The molecule has 5 heteroatoms. The van der Waals surface area contributed by atoms with Gasteiger partial charge in [0.2, 0.25) is 0 Å². The van der Waals surface area contributed by atoms with Gasteiger partial charge in [-0.3, -0.25) is 4.98 Å². The maximum Gasteiger partial charge on any atom is 0.164 e. The smallest absolute Gasteiger partial charge is 0.164 e. The lowest BCUT2D eigenvalue weighted by Gasteiger charge is -2.21. The standard InChI is InChI=1S/C48H30N4O/c1-3-10-34(11-4-1)46-50-47(35-12-5-2-6-13-35)52-48(51-46)40-18-8-16-37(29-40)32-22-20-31(21-23-32)36-15-7-17-38(28-36)39-24-25-41-43(30-39)53-42-19-9-14-33-26-27-49-45(41)44(33)42/h1-30H. The van der Waals surface area contributed by atoms with Crippen molar-refractivity contribution in [3.05, 3.63) is 182 Å². The first-order valence-corrected chi connectivity index (χ1v) is 17.6. The van der Waals surface area contributed by atoms with Crippen molar-refractivity contribution in [2.24, 2.45) is 0 Å². The minimum absolute atomic E-state index is 0.637. The Kier molecular flexibility index (Phi) is 7.40. The summed E-state index contributed by atoms with van der Waals surface area (Å²) in [6.45, 7) is 0. The zero-order valence-electron chi connectivity index (χ0n) is 28.5. The minimum Gasteiger partial charge on any atom is -0.456 e. The van der Waals surface area contributed by atoms with Gasteiger partial charge in [-0.2, -0.15) is 0 Å². The molecule has 5 nitrogen and oxygen atoms in total. The molecule has 0 fully saturated rings. The van der Waals surface area contributed by atoms with Gasteiger partial charge in [-0.05, 0) is 75.2 Å². The van der Waals surface area contributed by atoms with Crippen molar-refractivity contribution < 1.29 is 4.74 Å². The lowest BCUT2D eigenvalue weighted by atomic mass is 9.94. The monoisotopic (exact) mass is 678 g/mol. The fourth-order valence-corrected chi connectivity index (χ4v) is 7.10. The van der Waals surface area contributed by atoms with Gasteiger partial charge in [-0.1, -0.05) is 140 Å². The lowest BCUT2D eigenvalue weighted by molar-refractivity contribution is 0.486. The number of fused-ring (bicyclic) bond motifs is 2. The van der Waals surface area contributed by atoms with E-state index < -0.39 is 0 Å². The molecular formula is C48H30N4O. The first-order chi connectivity index (χ1) is 26.2. The van der Waals surface area contributed by atoms with Gasteiger partial charge in [0.05, 0.1) is 11.1 Å². The minimum atomic E-state index is 0.637. The van der Waals surface area contributed by atoms with Gasteiger partial charge in [-0.25, -0.2) is 15.0 Å². The molecule has 1 aliphatic rings. The average Bonchev–Trinajstić information content (AvgIpc) is 3.24. The van der Waals surface area contributed by atoms with E-state index in [1.807, 2.05) is 85.1 Å². The van der Waals surface area contributed by atoms with E-state index in [0.29, 0.717) is 17.5 Å². The fraction of sp³-hybridized carbons (Fsp3) is 0. The van der Waals surface area contributed by atoms with E-state index in [0.717, 1.165) is 83.6 Å². The van der Waals surface area contributed by atoms with Crippen molar-refractivity contribution in [1.82, 2.24) is 19.9 Å². The van der Waals surface area contributed by atoms with Crippen LogP contribution in [0.15, 0.2) is 182 Å². The first-order valence-electron chi connectivity index (χ1n) is 17.6. The lowest BCUT2D eigenvalue weighted by Crippen LogP contribution is -2.00. The predicted molar refractivity (Wildman–Crippen MR) is 213 cm³/mol. The van der Waals surface area contributed by atoms with Crippen molar-refractivity contribution >= 4 is 10.8 Å². The summed E-state index contributed by atoms with van der Waals surface area (Å²) in [5.41, 5.74) is 11.5. The van der Waals surface area contributed by atoms with E-state index in [4.69, 9.17) is 24.7 Å². The summed E-state index contributed by atoms with van der Waals surface area (Å²) in [6.07, 6.45) is 1.87. The quantitative estimate of drug-likeness (QED) is 0.175. The number of pyridine rings is 1. The van der Waals surface area contributed by atoms with Crippen LogP contribution in [0.3, 0.4) is 0 Å². The molecule has 248 valence electrons. The van der Waals surface area contributed by atoms with Gasteiger partial charge in [0.15, 0.2) is 17.5 Å². The van der Waals surface area contributed by atoms with Gasteiger partial charge in [0.25, 0.3) is 0 Å². The fourth-order valence-electron chi connectivity index (χ4n) is 7.10. The number of ether oxygens (including phenoxy) is 1. The molecule has 0 spiro atoms. The molecule has 0 saturated carbocycles. The third-order valence-corrected chi connectivity index (χ3v) is 9.78. The molecule has 0 N–H and O–H groups in total. The van der Waals surface area contributed by atoms with Crippen LogP contribution in [0.25, 0.3) is 89.6 Å². The summed E-state index contributed by atoms with van der Waals surface area (Å²) in [7, 11) is 0. The van der Waals surface area contributed by atoms with Gasteiger partial charge < -0.3 is 4.74 Å². The zero-order valence-corrected chi connectivity index (χ0v) is 28.5. The number of nitrogens with zero attached hydrogens (tertiary/aromatic N) is 4. The van der Waals surface area contributed by atoms with Crippen molar-refractivity contribution in [1.29, 1.82) is 0 Å². The van der Waals surface area contributed by atoms with Crippen LogP contribution in [0.1, 0.15) is 0 Å². The second kappa shape index (κ2) is 12.8. The average molecular weight is 679 g/mol. The molecule has 1 aliphatic heterocycles. The van der Waals surface area contributed by atoms with Gasteiger partial charge in [-0.15, -0.1) is 0 Å². The Hall–Kier alpha value is -7.24. The Labute approximate surface area is 306 Å². The molecule has 0 bridgehead atoms.